The van der Waals surface area contributed by atoms with Gasteiger partial charge in [0.1, 0.15) is 5.82 Å². The van der Waals surface area contributed by atoms with Crippen molar-refractivity contribution in [1.82, 2.24) is 9.55 Å². The van der Waals surface area contributed by atoms with Gasteiger partial charge in [-0.3, -0.25) is 0 Å². The van der Waals surface area contributed by atoms with Crippen LogP contribution in [-0.2, 0) is 9.47 Å². The fraction of sp³-hybridized carbons (Fsp3) is 0.333. The largest absolute Gasteiger partial charge is 0.462 e. The smallest absolute Gasteiger partial charge is 0.339 e. The van der Waals surface area contributed by atoms with Crippen molar-refractivity contribution in [3.63, 3.8) is 0 Å². The number of hydrogen-bond donors (Lipinski definition) is 0. The summed E-state index contributed by atoms with van der Waals surface area (Å²) in [6.07, 6.45) is 6.07. The lowest BCUT2D eigenvalue weighted by Crippen LogP contribution is -2.13. The normalized spacial score (nSPS) is 12.1. The number of hydrogen-bond acceptors (Lipinski definition) is 4. The van der Waals surface area contributed by atoms with Gasteiger partial charge in [-0.05, 0) is 31.2 Å². The first kappa shape index (κ1) is 14.3. The van der Waals surface area contributed by atoms with Crippen molar-refractivity contribution in [2.24, 2.45) is 0 Å². The highest BCUT2D eigenvalue weighted by Crippen LogP contribution is 2.08. The number of ether oxygens (including phenoxy) is 2. The van der Waals surface area contributed by atoms with E-state index in [4.69, 9.17) is 9.47 Å². The number of carbonyl (C=O) groups excluding carboxylic acids is 1. The molecule has 0 amide bonds. The van der Waals surface area contributed by atoms with E-state index in [2.05, 4.69) is 4.98 Å². The molecule has 1 atom stereocenters. The molecule has 0 spiro atoms. The molecule has 0 bridgehead atoms. The Balaban J connectivity index is 1.91. The van der Waals surface area contributed by atoms with Gasteiger partial charge in [0.05, 0.1) is 18.3 Å². The number of methoxy groups -OCH3 is 1. The van der Waals surface area contributed by atoms with Crippen LogP contribution in [0.2, 0.25) is 0 Å². The van der Waals surface area contributed by atoms with Crippen molar-refractivity contribution in [2.45, 2.75) is 19.4 Å². The molecule has 0 aliphatic rings. The van der Waals surface area contributed by atoms with E-state index in [1.54, 1.807) is 19.2 Å². The quantitative estimate of drug-likeness (QED) is 0.759. The van der Waals surface area contributed by atoms with Crippen LogP contribution < -0.4 is 0 Å². The van der Waals surface area contributed by atoms with E-state index in [0.717, 1.165) is 5.82 Å². The first-order valence-corrected chi connectivity index (χ1v) is 6.50. The van der Waals surface area contributed by atoms with Crippen molar-refractivity contribution < 1.29 is 14.3 Å². The summed E-state index contributed by atoms with van der Waals surface area (Å²) < 4.78 is 12.1. The number of pyridine rings is 1. The Morgan fingerprint density at radius 1 is 1.35 bits per heavy atom. The summed E-state index contributed by atoms with van der Waals surface area (Å²) in [5.74, 6) is 0.402. The van der Waals surface area contributed by atoms with E-state index >= 15 is 0 Å². The predicted molar refractivity (Wildman–Crippen MR) is 74.9 cm³/mol. The maximum absolute atomic E-state index is 11.8. The minimum Gasteiger partial charge on any atom is -0.462 e. The maximum Gasteiger partial charge on any atom is 0.339 e. The van der Waals surface area contributed by atoms with Crippen LogP contribution in [0.25, 0.3) is 5.82 Å². The summed E-state index contributed by atoms with van der Waals surface area (Å²) in [6, 6.07) is 7.33. The third kappa shape index (κ3) is 3.68. The Morgan fingerprint density at radius 2 is 2.10 bits per heavy atom. The van der Waals surface area contributed by atoms with Crippen LogP contribution in [0.4, 0.5) is 0 Å². The van der Waals surface area contributed by atoms with Gasteiger partial charge in [0.25, 0.3) is 0 Å². The number of esters is 1. The standard InChI is InChI=1S/C15H18N2O3/c1-12(19-2)7-10-20-15(18)13-5-6-14(16-11-13)17-8-3-4-9-17/h3-6,8-9,11-12H,7,10H2,1-2H3. The Kier molecular flexibility index (Phi) is 4.90. The maximum atomic E-state index is 11.8. The Hall–Kier alpha value is -2.14. The highest BCUT2D eigenvalue weighted by molar-refractivity contribution is 5.89. The van der Waals surface area contributed by atoms with Gasteiger partial charge >= 0.3 is 5.97 Å². The molecule has 0 N–H and O–H groups in total. The van der Waals surface area contributed by atoms with Gasteiger partial charge in [0, 0.05) is 32.1 Å². The summed E-state index contributed by atoms with van der Waals surface area (Å²) in [7, 11) is 1.64. The molecule has 20 heavy (non-hydrogen) atoms. The van der Waals surface area contributed by atoms with Gasteiger partial charge in [-0.2, -0.15) is 0 Å². The fourth-order valence-electron chi connectivity index (χ4n) is 1.67. The predicted octanol–water partition coefficient (Wildman–Crippen LogP) is 2.45. The molecule has 2 heterocycles. The highest BCUT2D eigenvalue weighted by atomic mass is 16.5. The summed E-state index contributed by atoms with van der Waals surface area (Å²) in [5.41, 5.74) is 0.450. The second-order valence-corrected chi connectivity index (χ2v) is 4.47. The summed E-state index contributed by atoms with van der Waals surface area (Å²) >= 11 is 0. The zero-order valence-corrected chi connectivity index (χ0v) is 11.7. The third-order valence-corrected chi connectivity index (χ3v) is 3.01. The average molecular weight is 274 g/mol. The molecule has 0 saturated heterocycles. The zero-order chi connectivity index (χ0) is 14.4. The summed E-state index contributed by atoms with van der Waals surface area (Å²) in [4.78, 5) is 16.0. The van der Waals surface area contributed by atoms with E-state index in [-0.39, 0.29) is 12.1 Å². The molecule has 1 unspecified atom stereocenters. The van der Waals surface area contributed by atoms with E-state index in [0.29, 0.717) is 18.6 Å². The minimum atomic E-state index is -0.361. The third-order valence-electron chi connectivity index (χ3n) is 3.01. The van der Waals surface area contributed by atoms with E-state index in [1.807, 2.05) is 36.0 Å². The van der Waals surface area contributed by atoms with Crippen LogP contribution in [-0.4, -0.2) is 35.3 Å². The van der Waals surface area contributed by atoms with E-state index in [1.165, 1.54) is 6.20 Å². The molecule has 5 heteroatoms. The first-order chi connectivity index (χ1) is 9.70. The van der Waals surface area contributed by atoms with Gasteiger partial charge in [-0.15, -0.1) is 0 Å². The topological polar surface area (TPSA) is 53.4 Å². The minimum absolute atomic E-state index is 0.0806. The van der Waals surface area contributed by atoms with Crippen LogP contribution >= 0.6 is 0 Å². The molecule has 2 aromatic rings. The first-order valence-electron chi connectivity index (χ1n) is 6.50. The molecular weight excluding hydrogens is 256 g/mol. The fourth-order valence-corrected chi connectivity index (χ4v) is 1.67. The van der Waals surface area contributed by atoms with Gasteiger partial charge in [0.15, 0.2) is 0 Å². The molecule has 2 rings (SSSR count). The second-order valence-electron chi connectivity index (χ2n) is 4.47. The Morgan fingerprint density at radius 3 is 2.70 bits per heavy atom. The van der Waals surface area contributed by atoms with E-state index in [9.17, 15) is 4.79 Å². The second kappa shape index (κ2) is 6.86. The van der Waals surface area contributed by atoms with Crippen LogP contribution in [0.1, 0.15) is 23.7 Å². The number of aromatic nitrogens is 2. The molecule has 0 aliphatic carbocycles. The Bertz CT molecular complexity index is 535. The lowest BCUT2D eigenvalue weighted by molar-refractivity contribution is 0.0390. The number of rotatable bonds is 6. The highest BCUT2D eigenvalue weighted by Gasteiger charge is 2.09. The Labute approximate surface area is 118 Å². The lowest BCUT2D eigenvalue weighted by atomic mass is 10.3. The SMILES string of the molecule is COC(C)CCOC(=O)c1ccc(-n2cccc2)nc1. The monoisotopic (exact) mass is 274 g/mol. The lowest BCUT2D eigenvalue weighted by Gasteiger charge is -2.09. The summed E-state index contributed by atoms with van der Waals surface area (Å²) in [5, 5.41) is 0. The van der Waals surface area contributed by atoms with Crippen LogP contribution in [0, 0.1) is 0 Å². The van der Waals surface area contributed by atoms with Crippen molar-refractivity contribution in [3.05, 3.63) is 48.4 Å². The molecule has 5 nitrogen and oxygen atoms in total. The van der Waals surface area contributed by atoms with E-state index < -0.39 is 0 Å². The molecule has 0 saturated carbocycles. The molecule has 0 radical (unpaired) electrons. The molecule has 2 aromatic heterocycles. The number of nitrogens with zero attached hydrogens (tertiary/aromatic N) is 2. The number of carbonyl (C=O) groups is 1. The molecule has 0 aliphatic heterocycles. The van der Waals surface area contributed by atoms with Gasteiger partial charge in [-0.1, -0.05) is 0 Å². The molecule has 0 fully saturated rings. The zero-order valence-electron chi connectivity index (χ0n) is 11.7. The molecular formula is C15H18N2O3. The van der Waals surface area contributed by atoms with Gasteiger partial charge in [-0.25, -0.2) is 9.78 Å². The van der Waals surface area contributed by atoms with Gasteiger partial charge in [0.2, 0.25) is 0 Å². The van der Waals surface area contributed by atoms with Crippen LogP contribution in [0.3, 0.4) is 0 Å². The summed E-state index contributed by atoms with van der Waals surface area (Å²) in [6.45, 7) is 2.27. The van der Waals surface area contributed by atoms with Gasteiger partial charge < -0.3 is 14.0 Å². The van der Waals surface area contributed by atoms with Crippen LogP contribution in [0.15, 0.2) is 42.9 Å². The molecule has 0 aromatic carbocycles. The molecule has 106 valence electrons. The van der Waals surface area contributed by atoms with Crippen molar-refractivity contribution in [2.75, 3.05) is 13.7 Å². The van der Waals surface area contributed by atoms with Crippen molar-refractivity contribution >= 4 is 5.97 Å². The van der Waals surface area contributed by atoms with Crippen molar-refractivity contribution in [3.8, 4) is 5.82 Å². The average Bonchev–Trinajstić information content (AvgIpc) is 3.01. The van der Waals surface area contributed by atoms with Crippen molar-refractivity contribution in [1.29, 1.82) is 0 Å². The van der Waals surface area contributed by atoms with Crippen LogP contribution in [0.5, 0.6) is 0 Å².